The van der Waals surface area contributed by atoms with Gasteiger partial charge in [0.1, 0.15) is 36.4 Å². The van der Waals surface area contributed by atoms with Gasteiger partial charge in [0.2, 0.25) is 5.91 Å². The number of anilines is 3. The van der Waals surface area contributed by atoms with E-state index in [0.717, 1.165) is 0 Å². The molecule has 9 nitrogen and oxygen atoms in total. The van der Waals surface area contributed by atoms with E-state index in [2.05, 4.69) is 20.6 Å². The maximum Gasteiger partial charge on any atom is 0.323 e. The van der Waals surface area contributed by atoms with E-state index < -0.39 is 5.82 Å². The molecular weight excluding hydrogens is 489 g/mol. The zero-order valence-electron chi connectivity index (χ0n) is 19.8. The van der Waals surface area contributed by atoms with Crippen LogP contribution in [0.1, 0.15) is 13.8 Å². The number of fused-ring (bicyclic) bond motifs is 1. The SMILES string of the molecule is CCOc1cc2ncnc(Nc3ccc(F)c(Cl)c3)c2cc1NC(=O)C=CCN1CCOC(=O)C1C. The Kier molecular flexibility index (Phi) is 7.97. The summed E-state index contributed by atoms with van der Waals surface area (Å²) in [6.07, 6.45) is 4.50. The number of aromatic nitrogens is 2. The highest BCUT2D eigenvalue weighted by Crippen LogP contribution is 2.34. The van der Waals surface area contributed by atoms with Crippen molar-refractivity contribution >= 4 is 51.6 Å². The van der Waals surface area contributed by atoms with Crippen LogP contribution in [0.3, 0.4) is 0 Å². The normalized spacial score (nSPS) is 16.2. The average Bonchev–Trinajstić information content (AvgIpc) is 2.85. The average molecular weight is 514 g/mol. The van der Waals surface area contributed by atoms with Crippen molar-refractivity contribution in [3.63, 3.8) is 0 Å². The highest BCUT2D eigenvalue weighted by Gasteiger charge is 2.26. The lowest BCUT2D eigenvalue weighted by atomic mass is 10.1. The quantitative estimate of drug-likeness (QED) is 0.339. The van der Waals surface area contributed by atoms with Crippen molar-refractivity contribution in [1.29, 1.82) is 0 Å². The molecule has 3 aromatic rings. The van der Waals surface area contributed by atoms with Crippen molar-refractivity contribution in [2.24, 2.45) is 0 Å². The van der Waals surface area contributed by atoms with E-state index in [0.29, 0.717) is 60.1 Å². The first-order valence-electron chi connectivity index (χ1n) is 11.4. The number of carbonyl (C=O) groups excluding carboxylic acids is 2. The smallest absolute Gasteiger partial charge is 0.323 e. The largest absolute Gasteiger partial charge is 0.492 e. The summed E-state index contributed by atoms with van der Waals surface area (Å²) in [5, 5.41) is 6.54. The first kappa shape index (κ1) is 25.3. The molecular formula is C25H25ClFN5O4. The molecule has 0 bridgehead atoms. The predicted molar refractivity (Wildman–Crippen MR) is 135 cm³/mol. The van der Waals surface area contributed by atoms with Crippen LogP contribution in [0.2, 0.25) is 5.02 Å². The number of esters is 1. The first-order valence-corrected chi connectivity index (χ1v) is 11.8. The van der Waals surface area contributed by atoms with Crippen LogP contribution < -0.4 is 15.4 Å². The molecule has 0 spiro atoms. The molecule has 1 aromatic heterocycles. The molecule has 0 saturated carbocycles. The second kappa shape index (κ2) is 11.3. The minimum absolute atomic E-state index is 0.0208. The molecule has 1 aliphatic rings. The van der Waals surface area contributed by atoms with Crippen LogP contribution in [0.4, 0.5) is 21.6 Å². The molecule has 4 rings (SSSR count). The maximum absolute atomic E-state index is 13.5. The summed E-state index contributed by atoms with van der Waals surface area (Å²) < 4.78 is 24.3. The summed E-state index contributed by atoms with van der Waals surface area (Å²) in [5.74, 6) is -0.259. The maximum atomic E-state index is 13.5. The van der Waals surface area contributed by atoms with Crippen LogP contribution in [0.25, 0.3) is 10.9 Å². The summed E-state index contributed by atoms with van der Waals surface area (Å²) in [7, 11) is 0. The number of amides is 1. The fourth-order valence-corrected chi connectivity index (χ4v) is 3.89. The highest BCUT2D eigenvalue weighted by molar-refractivity contribution is 6.31. The molecule has 2 aromatic carbocycles. The number of cyclic esters (lactones) is 1. The summed E-state index contributed by atoms with van der Waals surface area (Å²) in [4.78, 5) is 34.9. The highest BCUT2D eigenvalue weighted by atomic mass is 35.5. The summed E-state index contributed by atoms with van der Waals surface area (Å²) in [6, 6.07) is 7.31. The van der Waals surface area contributed by atoms with E-state index in [1.807, 2.05) is 11.8 Å². The van der Waals surface area contributed by atoms with Crippen LogP contribution in [-0.2, 0) is 14.3 Å². The van der Waals surface area contributed by atoms with Crippen LogP contribution in [0.15, 0.2) is 48.8 Å². The Morgan fingerprint density at radius 1 is 1.33 bits per heavy atom. The van der Waals surface area contributed by atoms with Gasteiger partial charge in [-0.25, -0.2) is 14.4 Å². The lowest BCUT2D eigenvalue weighted by molar-refractivity contribution is -0.155. The van der Waals surface area contributed by atoms with Crippen LogP contribution in [0, 0.1) is 5.82 Å². The van der Waals surface area contributed by atoms with Crippen molar-refractivity contribution in [1.82, 2.24) is 14.9 Å². The van der Waals surface area contributed by atoms with Gasteiger partial charge < -0.3 is 20.1 Å². The van der Waals surface area contributed by atoms with Gasteiger partial charge in [-0.1, -0.05) is 17.7 Å². The van der Waals surface area contributed by atoms with E-state index in [4.69, 9.17) is 21.1 Å². The Labute approximate surface area is 212 Å². The standard InChI is InChI=1S/C25H25ClFN5O4/c1-3-35-22-13-20-17(24(29-14-28-20)30-16-6-7-19(27)18(26)11-16)12-21(22)31-23(33)5-4-8-32-9-10-36-25(34)15(32)2/h4-7,11-15H,3,8-10H2,1-2H3,(H,31,33)(H,28,29,30). The van der Waals surface area contributed by atoms with Crippen molar-refractivity contribution in [2.45, 2.75) is 19.9 Å². The lowest BCUT2D eigenvalue weighted by Gasteiger charge is -2.30. The molecule has 36 heavy (non-hydrogen) atoms. The molecule has 1 aliphatic heterocycles. The zero-order chi connectivity index (χ0) is 25.7. The third kappa shape index (κ3) is 5.89. The molecule has 0 radical (unpaired) electrons. The second-order valence-electron chi connectivity index (χ2n) is 8.00. The number of hydrogen-bond donors (Lipinski definition) is 2. The molecule has 11 heteroatoms. The minimum atomic E-state index is -0.524. The minimum Gasteiger partial charge on any atom is -0.492 e. The molecule has 1 atom stereocenters. The van der Waals surface area contributed by atoms with Gasteiger partial charge in [-0.3, -0.25) is 14.5 Å². The summed E-state index contributed by atoms with van der Waals surface area (Å²) in [5.41, 5.74) is 1.56. The van der Waals surface area contributed by atoms with E-state index >= 15 is 0 Å². The topological polar surface area (TPSA) is 106 Å². The Hall–Kier alpha value is -3.76. The van der Waals surface area contributed by atoms with Gasteiger partial charge in [-0.05, 0) is 38.1 Å². The third-order valence-electron chi connectivity index (χ3n) is 5.60. The monoisotopic (exact) mass is 513 g/mol. The molecule has 1 saturated heterocycles. The Morgan fingerprint density at radius 2 is 2.17 bits per heavy atom. The number of benzene rings is 2. The number of ether oxygens (including phenoxy) is 2. The van der Waals surface area contributed by atoms with Crippen LogP contribution >= 0.6 is 11.6 Å². The van der Waals surface area contributed by atoms with E-state index in [9.17, 15) is 14.0 Å². The van der Waals surface area contributed by atoms with Gasteiger partial charge in [0, 0.05) is 36.3 Å². The van der Waals surface area contributed by atoms with E-state index in [1.165, 1.54) is 24.5 Å². The van der Waals surface area contributed by atoms with Crippen molar-refractivity contribution in [3.8, 4) is 5.75 Å². The van der Waals surface area contributed by atoms with Crippen molar-refractivity contribution in [2.75, 3.05) is 36.9 Å². The fourth-order valence-electron chi connectivity index (χ4n) is 3.71. The number of carbonyl (C=O) groups is 2. The summed E-state index contributed by atoms with van der Waals surface area (Å²) in [6.45, 7) is 5.37. The lowest BCUT2D eigenvalue weighted by Crippen LogP contribution is -2.47. The van der Waals surface area contributed by atoms with Crippen molar-refractivity contribution < 1.29 is 23.5 Å². The second-order valence-corrected chi connectivity index (χ2v) is 8.41. The number of halogens is 2. The van der Waals surface area contributed by atoms with E-state index in [1.54, 1.807) is 31.2 Å². The number of nitrogens with zero attached hydrogens (tertiary/aromatic N) is 3. The third-order valence-corrected chi connectivity index (χ3v) is 5.89. The Bertz CT molecular complexity index is 1320. The Morgan fingerprint density at radius 3 is 2.94 bits per heavy atom. The molecule has 188 valence electrons. The molecule has 2 N–H and O–H groups in total. The molecule has 1 fully saturated rings. The van der Waals surface area contributed by atoms with Gasteiger partial charge in [-0.15, -0.1) is 0 Å². The number of rotatable bonds is 8. The fraction of sp³-hybridized carbons (Fsp3) is 0.280. The van der Waals surface area contributed by atoms with Crippen LogP contribution in [0.5, 0.6) is 5.75 Å². The molecule has 1 unspecified atom stereocenters. The van der Waals surface area contributed by atoms with Gasteiger partial charge in [0.25, 0.3) is 0 Å². The van der Waals surface area contributed by atoms with E-state index in [-0.39, 0.29) is 22.9 Å². The van der Waals surface area contributed by atoms with Gasteiger partial charge in [0.05, 0.1) is 22.8 Å². The van der Waals surface area contributed by atoms with Gasteiger partial charge >= 0.3 is 5.97 Å². The molecule has 0 aliphatic carbocycles. The molecule has 1 amide bonds. The summed E-state index contributed by atoms with van der Waals surface area (Å²) >= 11 is 5.90. The zero-order valence-corrected chi connectivity index (χ0v) is 20.5. The van der Waals surface area contributed by atoms with Gasteiger partial charge in [-0.2, -0.15) is 0 Å². The van der Waals surface area contributed by atoms with Crippen molar-refractivity contribution in [3.05, 3.63) is 59.7 Å². The Balaban J connectivity index is 1.55. The number of morpholine rings is 1. The van der Waals surface area contributed by atoms with Gasteiger partial charge in [0.15, 0.2) is 0 Å². The predicted octanol–water partition coefficient (Wildman–Crippen LogP) is 4.31. The number of nitrogens with one attached hydrogen (secondary N) is 2. The first-order chi connectivity index (χ1) is 17.4. The number of hydrogen-bond acceptors (Lipinski definition) is 8. The van der Waals surface area contributed by atoms with Crippen LogP contribution in [-0.4, -0.2) is 59.1 Å². The molecule has 2 heterocycles.